The van der Waals surface area contributed by atoms with Crippen molar-refractivity contribution in [3.63, 3.8) is 0 Å². The maximum absolute atomic E-state index is 13.6. The molecule has 0 N–H and O–H groups in total. The van der Waals surface area contributed by atoms with E-state index in [0.29, 0.717) is 12.1 Å². The van der Waals surface area contributed by atoms with Crippen LogP contribution in [0, 0.1) is 6.92 Å². The summed E-state index contributed by atoms with van der Waals surface area (Å²) >= 11 is 0. The fraction of sp³-hybridized carbons (Fsp3) is 0.421. The van der Waals surface area contributed by atoms with Gasteiger partial charge < -0.3 is 19.1 Å². The summed E-state index contributed by atoms with van der Waals surface area (Å²) in [5.41, 5.74) is 6.78. The topological polar surface area (TPSA) is 65.1 Å². The molecular weight excluding hydrogens is 550 g/mol. The molecule has 1 aliphatic heterocycles. The molecule has 0 saturated carbocycles. The van der Waals surface area contributed by atoms with Crippen LogP contribution in [0.5, 0.6) is 5.75 Å². The molecule has 44 heavy (non-hydrogen) atoms. The van der Waals surface area contributed by atoms with Crippen LogP contribution in [-0.2, 0) is 15.9 Å². The number of carbonyl (C=O) groups is 2. The second-order valence-corrected chi connectivity index (χ2v) is 13.0. The maximum atomic E-state index is 13.6. The molecule has 3 aromatic rings. The molecule has 232 valence electrons. The maximum Gasteiger partial charge on any atom is 0.410 e. The van der Waals surface area contributed by atoms with Crippen LogP contribution in [0.25, 0.3) is 6.08 Å². The van der Waals surface area contributed by atoms with Crippen LogP contribution < -0.4 is 4.74 Å². The van der Waals surface area contributed by atoms with Crippen LogP contribution in [0.2, 0.25) is 0 Å². The average Bonchev–Trinajstić information content (AvgIpc) is 3.01. The van der Waals surface area contributed by atoms with Crippen LogP contribution in [0.3, 0.4) is 0 Å². The van der Waals surface area contributed by atoms with Gasteiger partial charge >= 0.3 is 12.1 Å². The second-order valence-electron chi connectivity index (χ2n) is 13.0. The molecule has 0 saturated heterocycles. The lowest BCUT2D eigenvalue weighted by Crippen LogP contribution is -2.39. The SMILES string of the molecule is COC(=O)c1cc(C2C[C@@H](CCCN(C(=O)OC(C)(C)C)[C@H](C)c3cccc4c3C=CCC4)Oc3ccccc32)ccc1C. The third kappa shape index (κ3) is 7.01. The van der Waals surface area contributed by atoms with Crippen molar-refractivity contribution < 1.29 is 23.8 Å². The zero-order chi connectivity index (χ0) is 31.4. The lowest BCUT2D eigenvalue weighted by atomic mass is 9.82. The second kappa shape index (κ2) is 13.3. The third-order valence-electron chi connectivity index (χ3n) is 8.72. The molecule has 1 heterocycles. The Morgan fingerprint density at radius 3 is 2.64 bits per heavy atom. The molecule has 1 aliphatic carbocycles. The number of esters is 1. The fourth-order valence-electron chi connectivity index (χ4n) is 6.45. The van der Waals surface area contributed by atoms with Gasteiger partial charge in [0.1, 0.15) is 11.4 Å². The van der Waals surface area contributed by atoms with E-state index < -0.39 is 5.60 Å². The Kier molecular flexibility index (Phi) is 9.48. The van der Waals surface area contributed by atoms with Gasteiger partial charge in [-0.1, -0.05) is 60.7 Å². The molecule has 1 unspecified atom stereocenters. The molecule has 0 spiro atoms. The molecule has 6 nitrogen and oxygen atoms in total. The first kappa shape index (κ1) is 31.4. The van der Waals surface area contributed by atoms with Gasteiger partial charge in [-0.05, 0) is 107 Å². The summed E-state index contributed by atoms with van der Waals surface area (Å²) < 4.78 is 17.5. The zero-order valence-electron chi connectivity index (χ0n) is 26.9. The summed E-state index contributed by atoms with van der Waals surface area (Å²) in [5.74, 6) is 0.624. The Morgan fingerprint density at radius 2 is 1.86 bits per heavy atom. The predicted molar refractivity (Wildman–Crippen MR) is 174 cm³/mol. The van der Waals surface area contributed by atoms with E-state index in [4.69, 9.17) is 14.2 Å². The number of hydrogen-bond acceptors (Lipinski definition) is 5. The highest BCUT2D eigenvalue weighted by molar-refractivity contribution is 5.91. The number of nitrogens with zero attached hydrogens (tertiary/aromatic N) is 1. The van der Waals surface area contributed by atoms with Crippen LogP contribution in [0.1, 0.15) is 109 Å². The van der Waals surface area contributed by atoms with Crippen LogP contribution in [0.15, 0.2) is 66.7 Å². The highest BCUT2D eigenvalue weighted by Gasteiger charge is 2.32. The number of benzene rings is 3. The van der Waals surface area contributed by atoms with Gasteiger partial charge in [-0.15, -0.1) is 0 Å². The van der Waals surface area contributed by atoms with E-state index >= 15 is 0 Å². The summed E-state index contributed by atoms with van der Waals surface area (Å²) in [4.78, 5) is 27.9. The van der Waals surface area contributed by atoms with E-state index in [1.807, 2.05) is 62.9 Å². The average molecular weight is 596 g/mol. The monoisotopic (exact) mass is 595 g/mol. The van der Waals surface area contributed by atoms with Gasteiger partial charge in [0, 0.05) is 18.0 Å². The minimum Gasteiger partial charge on any atom is -0.490 e. The van der Waals surface area contributed by atoms with Crippen molar-refractivity contribution in [2.75, 3.05) is 13.7 Å². The van der Waals surface area contributed by atoms with Gasteiger partial charge in [0.05, 0.1) is 24.8 Å². The number of amides is 1. The van der Waals surface area contributed by atoms with Gasteiger partial charge in [-0.3, -0.25) is 0 Å². The number of para-hydroxylation sites is 1. The molecule has 3 atom stereocenters. The first-order chi connectivity index (χ1) is 21.1. The number of hydrogen-bond donors (Lipinski definition) is 0. The van der Waals surface area contributed by atoms with Crippen LogP contribution in [0.4, 0.5) is 4.79 Å². The lowest BCUT2D eigenvalue weighted by Gasteiger charge is -2.35. The number of carbonyl (C=O) groups excluding carboxylic acids is 2. The van der Waals surface area contributed by atoms with Gasteiger partial charge in [0.15, 0.2) is 0 Å². The molecule has 0 bridgehead atoms. The van der Waals surface area contributed by atoms with Gasteiger partial charge in [0.2, 0.25) is 0 Å². The van der Waals surface area contributed by atoms with Crippen LogP contribution in [-0.4, -0.2) is 42.3 Å². The number of allylic oxidation sites excluding steroid dienone is 1. The molecule has 0 aromatic heterocycles. The summed E-state index contributed by atoms with van der Waals surface area (Å²) in [6, 6.07) is 20.5. The van der Waals surface area contributed by atoms with Crippen molar-refractivity contribution in [2.45, 2.75) is 90.4 Å². The van der Waals surface area contributed by atoms with Gasteiger partial charge in [0.25, 0.3) is 0 Å². The molecule has 0 radical (unpaired) electrons. The van der Waals surface area contributed by atoms with Gasteiger partial charge in [-0.25, -0.2) is 9.59 Å². The van der Waals surface area contributed by atoms with Crippen molar-refractivity contribution in [1.29, 1.82) is 0 Å². The Hall–Kier alpha value is -4.06. The van der Waals surface area contributed by atoms with Gasteiger partial charge in [-0.2, -0.15) is 0 Å². The molecule has 0 fully saturated rings. The van der Waals surface area contributed by atoms with E-state index in [2.05, 4.69) is 49.4 Å². The van der Waals surface area contributed by atoms with E-state index in [9.17, 15) is 9.59 Å². The van der Waals surface area contributed by atoms with Crippen molar-refractivity contribution >= 4 is 18.1 Å². The molecule has 2 aliphatic rings. The fourth-order valence-corrected chi connectivity index (χ4v) is 6.45. The highest BCUT2D eigenvalue weighted by Crippen LogP contribution is 2.42. The quantitative estimate of drug-likeness (QED) is 0.244. The summed E-state index contributed by atoms with van der Waals surface area (Å²) in [7, 11) is 1.42. The van der Waals surface area contributed by atoms with Crippen molar-refractivity contribution in [2.24, 2.45) is 0 Å². The standard InChI is InChI=1S/C38H45NO5/c1-25-20-21-28(23-33(25)36(40)42-6)34-24-29(43-35-19-10-9-17-32(34)35)15-12-22-39(37(41)44-38(3,4)5)26(2)30-18-11-14-27-13-7-8-16-31(27)30/h8-11,14,16-21,23,26,29,34H,7,12-13,15,22,24H2,1-6H3/t26-,29-,34?/m1/s1. The highest BCUT2D eigenvalue weighted by atomic mass is 16.6. The third-order valence-corrected chi connectivity index (χ3v) is 8.72. The lowest BCUT2D eigenvalue weighted by molar-refractivity contribution is 0.0160. The Bertz CT molecular complexity index is 1530. The Morgan fingerprint density at radius 1 is 1.07 bits per heavy atom. The zero-order valence-corrected chi connectivity index (χ0v) is 26.9. The number of methoxy groups -OCH3 is 1. The largest absolute Gasteiger partial charge is 0.490 e. The summed E-state index contributed by atoms with van der Waals surface area (Å²) in [6.45, 7) is 10.3. The Balaban J connectivity index is 1.35. The smallest absolute Gasteiger partial charge is 0.410 e. The number of rotatable bonds is 8. The van der Waals surface area contributed by atoms with Crippen LogP contribution >= 0.6 is 0 Å². The predicted octanol–water partition coefficient (Wildman–Crippen LogP) is 8.80. The van der Waals surface area contributed by atoms with Crippen molar-refractivity contribution in [3.8, 4) is 5.75 Å². The first-order valence-electron chi connectivity index (χ1n) is 15.8. The van der Waals surface area contributed by atoms with E-state index in [-0.39, 0.29) is 30.1 Å². The molecule has 1 amide bonds. The first-order valence-corrected chi connectivity index (χ1v) is 15.8. The van der Waals surface area contributed by atoms with E-state index in [0.717, 1.165) is 60.1 Å². The molecule has 3 aromatic carbocycles. The Labute approximate surface area is 262 Å². The normalized spacial score (nSPS) is 18.0. The summed E-state index contributed by atoms with van der Waals surface area (Å²) in [5, 5.41) is 0. The number of aryl methyl sites for hydroxylation is 2. The number of ether oxygens (including phenoxy) is 3. The van der Waals surface area contributed by atoms with E-state index in [1.54, 1.807) is 0 Å². The summed E-state index contributed by atoms with van der Waals surface area (Å²) in [6.07, 6.45) is 8.44. The van der Waals surface area contributed by atoms with Crippen molar-refractivity contribution in [3.05, 3.63) is 106 Å². The van der Waals surface area contributed by atoms with E-state index in [1.165, 1.54) is 18.2 Å². The molecule has 5 rings (SSSR count). The number of fused-ring (bicyclic) bond motifs is 2. The van der Waals surface area contributed by atoms with Crippen molar-refractivity contribution in [1.82, 2.24) is 4.90 Å². The molecule has 6 heteroatoms. The molecular formula is C38H45NO5. The minimum atomic E-state index is -0.592. The minimum absolute atomic E-state index is 0.0407.